The number of benzene rings is 1. The number of nitrogens with zero attached hydrogens (tertiary/aromatic N) is 2. The number of aromatic nitrogens is 1. The summed E-state index contributed by atoms with van der Waals surface area (Å²) in [5.74, 6) is 0.139. The van der Waals surface area contributed by atoms with Crippen molar-refractivity contribution < 1.29 is 18.3 Å². The maximum Gasteiger partial charge on any atom is 0.255 e. The lowest BCUT2D eigenvalue weighted by molar-refractivity contribution is -0.126. The van der Waals surface area contributed by atoms with E-state index in [9.17, 15) is 13.6 Å². The topological polar surface area (TPSA) is 54.5 Å². The van der Waals surface area contributed by atoms with E-state index in [4.69, 9.17) is 4.74 Å². The van der Waals surface area contributed by atoms with E-state index in [1.165, 1.54) is 0 Å². The number of fused-ring (bicyclic) bond motifs is 1. The van der Waals surface area contributed by atoms with Gasteiger partial charge in [-0.2, -0.15) is 0 Å². The minimum atomic E-state index is -2.52. The molecule has 0 bridgehead atoms. The van der Waals surface area contributed by atoms with E-state index in [1.54, 1.807) is 18.4 Å². The lowest BCUT2D eigenvalue weighted by Gasteiger charge is -2.37. The van der Waals surface area contributed by atoms with E-state index in [1.807, 2.05) is 24.0 Å². The Morgan fingerprint density at radius 3 is 2.91 bits per heavy atom. The zero-order valence-electron chi connectivity index (χ0n) is 12.8. The molecule has 1 aromatic carbocycles. The Morgan fingerprint density at radius 2 is 2.26 bits per heavy atom. The second-order valence-corrected chi connectivity index (χ2v) is 6.47. The normalized spacial score (nSPS) is 15.1. The molecule has 1 N–H and O–H groups in total. The van der Waals surface area contributed by atoms with Crippen molar-refractivity contribution in [2.75, 3.05) is 31.6 Å². The minimum Gasteiger partial charge on any atom is -0.494 e. The number of anilines is 1. The standard InChI is InChI=1S/C15H17F2N3O2S/c1-8-3-4-10(22-2)12-13(8)23-15(19-12)20-6-9(7-20)14(21)18-5-11(16)17/h3-4,9,11H,5-7H2,1-2H3,(H,18,21). The molecule has 0 unspecified atom stereocenters. The van der Waals surface area contributed by atoms with Gasteiger partial charge in [-0.15, -0.1) is 0 Å². The number of thiazole rings is 1. The van der Waals surface area contributed by atoms with Gasteiger partial charge in [-0.05, 0) is 18.6 Å². The summed E-state index contributed by atoms with van der Waals surface area (Å²) >= 11 is 1.55. The Labute approximate surface area is 136 Å². The van der Waals surface area contributed by atoms with Crippen LogP contribution in [0.3, 0.4) is 0 Å². The molecule has 0 spiro atoms. The van der Waals surface area contributed by atoms with Gasteiger partial charge in [0.2, 0.25) is 5.91 Å². The van der Waals surface area contributed by atoms with Crippen molar-refractivity contribution >= 4 is 32.6 Å². The molecule has 3 rings (SSSR count). The highest BCUT2D eigenvalue weighted by molar-refractivity contribution is 7.22. The van der Waals surface area contributed by atoms with Crippen LogP contribution in [0.4, 0.5) is 13.9 Å². The van der Waals surface area contributed by atoms with E-state index >= 15 is 0 Å². The van der Waals surface area contributed by atoms with Crippen molar-refractivity contribution in [2.45, 2.75) is 13.3 Å². The van der Waals surface area contributed by atoms with Crippen LogP contribution >= 0.6 is 11.3 Å². The number of alkyl halides is 2. The van der Waals surface area contributed by atoms with Gasteiger partial charge in [-0.1, -0.05) is 17.4 Å². The number of hydrogen-bond donors (Lipinski definition) is 1. The number of aryl methyl sites for hydroxylation is 1. The SMILES string of the molecule is COc1ccc(C)c2sc(N3CC(C(=O)NCC(F)F)C3)nc12. The first kappa shape index (κ1) is 15.9. The minimum absolute atomic E-state index is 0.260. The fraction of sp³-hybridized carbons (Fsp3) is 0.467. The van der Waals surface area contributed by atoms with Crippen molar-refractivity contribution in [2.24, 2.45) is 5.92 Å². The Hall–Kier alpha value is -1.96. The summed E-state index contributed by atoms with van der Waals surface area (Å²) in [7, 11) is 1.61. The summed E-state index contributed by atoms with van der Waals surface area (Å²) in [5.41, 5.74) is 1.94. The quantitative estimate of drug-likeness (QED) is 0.908. The highest BCUT2D eigenvalue weighted by Gasteiger charge is 2.34. The first-order chi connectivity index (χ1) is 11.0. The fourth-order valence-electron chi connectivity index (χ4n) is 2.52. The predicted molar refractivity (Wildman–Crippen MR) is 85.6 cm³/mol. The first-order valence-electron chi connectivity index (χ1n) is 7.24. The van der Waals surface area contributed by atoms with Crippen molar-refractivity contribution in [3.8, 4) is 5.75 Å². The number of hydrogen-bond acceptors (Lipinski definition) is 5. The second kappa shape index (κ2) is 6.27. The maximum atomic E-state index is 12.1. The monoisotopic (exact) mass is 341 g/mol. The van der Waals surface area contributed by atoms with Gasteiger partial charge in [0, 0.05) is 13.1 Å². The number of methoxy groups -OCH3 is 1. The molecule has 5 nitrogen and oxygen atoms in total. The summed E-state index contributed by atoms with van der Waals surface area (Å²) in [5, 5.41) is 3.08. The van der Waals surface area contributed by atoms with Gasteiger partial charge in [0.1, 0.15) is 11.3 Å². The van der Waals surface area contributed by atoms with Crippen LogP contribution in [0.25, 0.3) is 10.2 Å². The zero-order valence-corrected chi connectivity index (χ0v) is 13.6. The van der Waals surface area contributed by atoms with Crippen molar-refractivity contribution in [3.05, 3.63) is 17.7 Å². The molecule has 2 heterocycles. The van der Waals surface area contributed by atoms with Crippen LogP contribution in [0.15, 0.2) is 12.1 Å². The third kappa shape index (κ3) is 3.08. The summed E-state index contributed by atoms with van der Waals surface area (Å²) in [6, 6.07) is 3.87. The lowest BCUT2D eigenvalue weighted by Crippen LogP contribution is -2.54. The number of ether oxygens (including phenoxy) is 1. The second-order valence-electron chi connectivity index (χ2n) is 5.50. The smallest absolute Gasteiger partial charge is 0.255 e. The molecular weight excluding hydrogens is 324 g/mol. The average molecular weight is 341 g/mol. The molecule has 8 heteroatoms. The van der Waals surface area contributed by atoms with Crippen molar-refractivity contribution in [1.82, 2.24) is 10.3 Å². The Morgan fingerprint density at radius 1 is 1.52 bits per heavy atom. The van der Waals surface area contributed by atoms with Gasteiger partial charge < -0.3 is 15.0 Å². The number of amides is 1. The van der Waals surface area contributed by atoms with Crippen LogP contribution in [-0.2, 0) is 4.79 Å². The van der Waals surface area contributed by atoms with Crippen LogP contribution in [0.5, 0.6) is 5.75 Å². The van der Waals surface area contributed by atoms with Gasteiger partial charge in [0.05, 0.1) is 24.3 Å². The van der Waals surface area contributed by atoms with Gasteiger partial charge in [-0.3, -0.25) is 4.79 Å². The summed E-state index contributed by atoms with van der Waals surface area (Å²) in [6.07, 6.45) is -2.52. The zero-order chi connectivity index (χ0) is 16.6. The molecule has 0 aliphatic carbocycles. The molecule has 0 radical (unpaired) electrons. The number of carbonyl (C=O) groups is 1. The molecule has 1 amide bonds. The highest BCUT2D eigenvalue weighted by atomic mass is 32.1. The van der Waals surface area contributed by atoms with Gasteiger partial charge >= 0.3 is 0 Å². The van der Waals surface area contributed by atoms with Gasteiger partial charge in [0.25, 0.3) is 6.43 Å². The van der Waals surface area contributed by atoms with Gasteiger partial charge in [-0.25, -0.2) is 13.8 Å². The van der Waals surface area contributed by atoms with Crippen molar-refractivity contribution in [1.29, 1.82) is 0 Å². The summed E-state index contributed by atoms with van der Waals surface area (Å²) in [4.78, 5) is 18.3. The lowest BCUT2D eigenvalue weighted by atomic mass is 10.0. The number of halogens is 2. The molecule has 0 saturated carbocycles. The van der Waals surface area contributed by atoms with E-state index in [0.29, 0.717) is 13.1 Å². The predicted octanol–water partition coefficient (Wildman–Crippen LogP) is 2.43. The van der Waals surface area contributed by atoms with Crippen LogP contribution in [0.1, 0.15) is 5.56 Å². The molecule has 2 aromatic rings. The van der Waals surface area contributed by atoms with Gasteiger partial charge in [0.15, 0.2) is 5.13 Å². The third-order valence-corrected chi connectivity index (χ3v) is 5.12. The number of carbonyl (C=O) groups excluding carboxylic acids is 1. The molecule has 1 aliphatic rings. The van der Waals surface area contributed by atoms with E-state index in [2.05, 4.69) is 10.3 Å². The van der Waals surface area contributed by atoms with Crippen LogP contribution in [0.2, 0.25) is 0 Å². The van der Waals surface area contributed by atoms with Crippen LogP contribution in [0, 0.1) is 12.8 Å². The third-order valence-electron chi connectivity index (χ3n) is 3.87. The van der Waals surface area contributed by atoms with Crippen LogP contribution < -0.4 is 15.0 Å². The maximum absolute atomic E-state index is 12.1. The number of nitrogens with one attached hydrogen (secondary N) is 1. The average Bonchev–Trinajstić information content (AvgIpc) is 2.89. The molecule has 1 aliphatic heterocycles. The Balaban J connectivity index is 1.69. The first-order valence-corrected chi connectivity index (χ1v) is 8.06. The molecule has 23 heavy (non-hydrogen) atoms. The number of rotatable bonds is 5. The van der Waals surface area contributed by atoms with E-state index in [-0.39, 0.29) is 11.8 Å². The van der Waals surface area contributed by atoms with Crippen molar-refractivity contribution in [3.63, 3.8) is 0 Å². The van der Waals surface area contributed by atoms with Crippen LogP contribution in [-0.4, -0.2) is 44.1 Å². The molecule has 0 atom stereocenters. The Bertz CT molecular complexity index is 729. The summed E-state index contributed by atoms with van der Waals surface area (Å²) in [6.45, 7) is 2.42. The van der Waals surface area contributed by atoms with E-state index < -0.39 is 13.0 Å². The molecular formula is C15H17F2N3O2S. The molecule has 1 aromatic heterocycles. The summed E-state index contributed by atoms with van der Waals surface area (Å²) < 4.78 is 30.6. The Kier molecular flexibility index (Phi) is 4.34. The highest BCUT2D eigenvalue weighted by Crippen LogP contribution is 2.38. The molecule has 1 fully saturated rings. The molecule has 124 valence electrons. The molecule has 1 saturated heterocycles. The largest absolute Gasteiger partial charge is 0.494 e. The van der Waals surface area contributed by atoms with E-state index in [0.717, 1.165) is 26.7 Å². The fourth-order valence-corrected chi connectivity index (χ4v) is 3.59.